The minimum atomic E-state index is -0.880. The van der Waals surface area contributed by atoms with Gasteiger partial charge in [-0.15, -0.1) is 0 Å². The minimum absolute atomic E-state index is 0.00820. The molecule has 2 rings (SSSR count). The Kier molecular flexibility index (Phi) is 4.77. The van der Waals surface area contributed by atoms with E-state index in [0.717, 1.165) is 12.1 Å². The van der Waals surface area contributed by atoms with Gasteiger partial charge >= 0.3 is 0 Å². The highest BCUT2D eigenvalue weighted by molar-refractivity contribution is 6.44. The monoisotopic (exact) mass is 309 g/mol. The van der Waals surface area contributed by atoms with E-state index >= 15 is 0 Å². The van der Waals surface area contributed by atoms with Gasteiger partial charge in [-0.25, -0.2) is 8.78 Å². The Labute approximate surface area is 132 Å². The van der Waals surface area contributed by atoms with Crippen molar-refractivity contribution in [3.63, 3.8) is 0 Å². The van der Waals surface area contributed by atoms with Gasteiger partial charge in [0.05, 0.1) is 5.56 Å². The molecule has 2 aromatic rings. The molecule has 0 unspecified atom stereocenters. The first-order chi connectivity index (χ1) is 11.0. The molecule has 5 heteroatoms. The number of benzene rings is 2. The van der Waals surface area contributed by atoms with E-state index in [1.165, 1.54) is 13.0 Å². The van der Waals surface area contributed by atoms with Crippen LogP contribution in [0.5, 0.6) is 0 Å². The van der Waals surface area contributed by atoms with E-state index in [4.69, 9.17) is 16.1 Å². The van der Waals surface area contributed by atoms with Gasteiger partial charge in [-0.3, -0.25) is 5.41 Å². The second-order valence-electron chi connectivity index (χ2n) is 4.82. The van der Waals surface area contributed by atoms with Crippen LogP contribution < -0.4 is 0 Å². The van der Waals surface area contributed by atoms with Gasteiger partial charge in [0.15, 0.2) is 0 Å². The van der Waals surface area contributed by atoms with Crippen LogP contribution in [-0.2, 0) is 0 Å². The van der Waals surface area contributed by atoms with Gasteiger partial charge < -0.3 is 5.41 Å². The Balaban J connectivity index is 2.93. The van der Waals surface area contributed by atoms with Gasteiger partial charge in [-0.05, 0) is 24.6 Å². The van der Waals surface area contributed by atoms with E-state index in [-0.39, 0.29) is 16.9 Å². The predicted octanol–water partition coefficient (Wildman–Crippen LogP) is 4.46. The standard InChI is InChI=1S/C18H13F2N3/c1-11(22)16(12-6-3-2-4-7-12)18(15(23)10-21)17-13(19)8-5-9-14(17)20/h2-9,22-23H,1H3/b18-16-,22-11?,23-15?. The second kappa shape index (κ2) is 6.75. The lowest BCUT2D eigenvalue weighted by atomic mass is 9.88. The quantitative estimate of drug-likeness (QED) is 0.635. The summed E-state index contributed by atoms with van der Waals surface area (Å²) in [7, 11) is 0. The van der Waals surface area contributed by atoms with Gasteiger partial charge in [0, 0.05) is 16.9 Å². The zero-order valence-corrected chi connectivity index (χ0v) is 12.3. The molecule has 0 radical (unpaired) electrons. The fourth-order valence-corrected chi connectivity index (χ4v) is 2.32. The van der Waals surface area contributed by atoms with Crippen molar-refractivity contribution in [3.05, 3.63) is 71.3 Å². The van der Waals surface area contributed by atoms with Crippen LogP contribution in [0, 0.1) is 33.8 Å². The summed E-state index contributed by atoms with van der Waals surface area (Å²) in [5, 5.41) is 24.9. The van der Waals surface area contributed by atoms with Crippen LogP contribution in [0.3, 0.4) is 0 Å². The third-order valence-electron chi connectivity index (χ3n) is 3.26. The fourth-order valence-electron chi connectivity index (χ4n) is 2.32. The average Bonchev–Trinajstić information content (AvgIpc) is 2.53. The van der Waals surface area contributed by atoms with Crippen LogP contribution in [0.1, 0.15) is 18.1 Å². The van der Waals surface area contributed by atoms with Crippen LogP contribution in [-0.4, -0.2) is 11.4 Å². The summed E-state index contributed by atoms with van der Waals surface area (Å²) in [4.78, 5) is 0. The third-order valence-corrected chi connectivity index (χ3v) is 3.26. The molecule has 114 valence electrons. The number of hydrogen-bond donors (Lipinski definition) is 2. The molecule has 0 bridgehead atoms. The molecule has 0 aliphatic heterocycles. The molecule has 0 atom stereocenters. The van der Waals surface area contributed by atoms with E-state index in [2.05, 4.69) is 0 Å². The van der Waals surface area contributed by atoms with Gasteiger partial charge in [0.25, 0.3) is 0 Å². The summed E-state index contributed by atoms with van der Waals surface area (Å²) < 4.78 is 28.4. The van der Waals surface area contributed by atoms with Crippen molar-refractivity contribution in [1.82, 2.24) is 0 Å². The Hall–Kier alpha value is -3.13. The molecule has 0 fully saturated rings. The van der Waals surface area contributed by atoms with E-state index < -0.39 is 22.9 Å². The first kappa shape index (κ1) is 16.2. The topological polar surface area (TPSA) is 71.5 Å². The fraction of sp³-hybridized carbons (Fsp3) is 0.0556. The number of allylic oxidation sites excluding steroid dienone is 2. The molecular formula is C18H13F2N3. The maximum Gasteiger partial charge on any atom is 0.140 e. The molecule has 0 saturated carbocycles. The number of nitrogens with one attached hydrogen (secondary N) is 2. The second-order valence-corrected chi connectivity index (χ2v) is 4.82. The Morgan fingerprint density at radius 2 is 1.48 bits per heavy atom. The summed E-state index contributed by atoms with van der Waals surface area (Å²) in [6.45, 7) is 1.45. The van der Waals surface area contributed by atoms with Crippen molar-refractivity contribution >= 4 is 22.6 Å². The molecule has 2 N–H and O–H groups in total. The summed E-state index contributed by atoms with van der Waals surface area (Å²) >= 11 is 0. The molecule has 0 saturated heterocycles. The normalized spacial score (nSPS) is 11.4. The van der Waals surface area contributed by atoms with Crippen molar-refractivity contribution in [2.45, 2.75) is 6.92 Å². The van der Waals surface area contributed by atoms with E-state index in [9.17, 15) is 8.78 Å². The predicted molar refractivity (Wildman–Crippen MR) is 86.4 cm³/mol. The van der Waals surface area contributed by atoms with E-state index in [1.807, 2.05) is 0 Å². The van der Waals surface area contributed by atoms with E-state index in [0.29, 0.717) is 5.56 Å². The molecule has 23 heavy (non-hydrogen) atoms. The summed E-state index contributed by atoms with van der Waals surface area (Å²) in [5.74, 6) is -1.76. The van der Waals surface area contributed by atoms with Crippen molar-refractivity contribution in [3.8, 4) is 6.07 Å². The SMILES string of the molecule is CC(=N)/C(=C(\C(=N)C#N)c1c(F)cccc1F)c1ccccc1. The first-order valence-corrected chi connectivity index (χ1v) is 6.76. The Morgan fingerprint density at radius 3 is 1.96 bits per heavy atom. The highest BCUT2D eigenvalue weighted by Crippen LogP contribution is 2.31. The van der Waals surface area contributed by atoms with Crippen molar-refractivity contribution in [2.24, 2.45) is 0 Å². The van der Waals surface area contributed by atoms with Gasteiger partial charge in [0.2, 0.25) is 0 Å². The Morgan fingerprint density at radius 1 is 0.913 bits per heavy atom. The molecule has 0 amide bonds. The van der Waals surface area contributed by atoms with Crippen LogP contribution >= 0.6 is 0 Å². The molecule has 0 aliphatic carbocycles. The lowest BCUT2D eigenvalue weighted by Crippen LogP contribution is -2.10. The molecule has 3 nitrogen and oxygen atoms in total. The molecule has 0 aliphatic rings. The van der Waals surface area contributed by atoms with Gasteiger partial charge in [-0.1, -0.05) is 36.4 Å². The molecule has 2 aromatic carbocycles. The van der Waals surface area contributed by atoms with Crippen LogP contribution in [0.15, 0.2) is 48.5 Å². The maximum absolute atomic E-state index is 14.2. The average molecular weight is 309 g/mol. The van der Waals surface area contributed by atoms with Crippen LogP contribution in [0.25, 0.3) is 11.1 Å². The van der Waals surface area contributed by atoms with Crippen LogP contribution in [0.2, 0.25) is 0 Å². The first-order valence-electron chi connectivity index (χ1n) is 6.76. The maximum atomic E-state index is 14.2. The Bertz CT molecular complexity index is 826. The highest BCUT2D eigenvalue weighted by Gasteiger charge is 2.23. The zero-order chi connectivity index (χ0) is 17.0. The van der Waals surface area contributed by atoms with Gasteiger partial charge in [-0.2, -0.15) is 5.26 Å². The highest BCUT2D eigenvalue weighted by atomic mass is 19.1. The van der Waals surface area contributed by atoms with E-state index in [1.54, 1.807) is 36.4 Å². The molecule has 0 heterocycles. The number of nitrogens with zero attached hydrogens (tertiary/aromatic N) is 1. The lowest BCUT2D eigenvalue weighted by molar-refractivity contribution is 0.578. The molecular weight excluding hydrogens is 296 g/mol. The minimum Gasteiger partial charge on any atom is -0.305 e. The summed E-state index contributed by atoms with van der Waals surface area (Å²) in [5.41, 5.74) is -0.613. The van der Waals surface area contributed by atoms with Gasteiger partial charge in [0.1, 0.15) is 23.4 Å². The van der Waals surface area contributed by atoms with Crippen LogP contribution in [0.4, 0.5) is 8.78 Å². The third kappa shape index (κ3) is 3.22. The number of nitriles is 1. The van der Waals surface area contributed by atoms with Crippen molar-refractivity contribution in [2.75, 3.05) is 0 Å². The van der Waals surface area contributed by atoms with Crippen molar-refractivity contribution < 1.29 is 8.78 Å². The number of rotatable bonds is 4. The smallest absolute Gasteiger partial charge is 0.140 e. The largest absolute Gasteiger partial charge is 0.305 e. The summed E-state index contributed by atoms with van der Waals surface area (Å²) in [6.07, 6.45) is 0. The molecule has 0 spiro atoms. The number of halogens is 2. The zero-order valence-electron chi connectivity index (χ0n) is 12.3. The number of hydrogen-bond acceptors (Lipinski definition) is 3. The summed E-state index contributed by atoms with van der Waals surface area (Å²) in [6, 6.07) is 13.5. The lowest BCUT2D eigenvalue weighted by Gasteiger charge is -2.15. The molecule has 0 aromatic heterocycles. The van der Waals surface area contributed by atoms with Crippen molar-refractivity contribution in [1.29, 1.82) is 16.1 Å².